The molecule has 2 unspecified atom stereocenters. The van der Waals surface area contributed by atoms with Gasteiger partial charge in [0, 0.05) is 30.1 Å². The SMILES string of the molecule is CC(=O)N(Cc1ccc(C#N)cc1)C1CC2C(=O)N(c3cc(Cl)cc(Cl)c3)C(=O)N2C1. The van der Waals surface area contributed by atoms with Gasteiger partial charge in [-0.2, -0.15) is 5.26 Å². The van der Waals surface area contributed by atoms with E-state index in [4.69, 9.17) is 28.5 Å². The predicted molar refractivity (Wildman–Crippen MR) is 116 cm³/mol. The monoisotopic (exact) mass is 456 g/mol. The smallest absolute Gasteiger partial charge is 0.332 e. The van der Waals surface area contributed by atoms with Crippen LogP contribution in [0.2, 0.25) is 10.0 Å². The summed E-state index contributed by atoms with van der Waals surface area (Å²) in [5.74, 6) is -0.499. The number of rotatable bonds is 4. The molecule has 31 heavy (non-hydrogen) atoms. The lowest BCUT2D eigenvalue weighted by Gasteiger charge is -2.29. The minimum Gasteiger partial charge on any atom is -0.334 e. The first kappa shape index (κ1) is 21.2. The maximum Gasteiger partial charge on any atom is 0.332 e. The molecule has 7 nitrogen and oxygen atoms in total. The molecule has 0 bridgehead atoms. The number of hydrogen-bond donors (Lipinski definition) is 0. The van der Waals surface area contributed by atoms with E-state index in [1.54, 1.807) is 29.2 Å². The topological polar surface area (TPSA) is 84.7 Å². The fourth-order valence-electron chi connectivity index (χ4n) is 4.14. The summed E-state index contributed by atoms with van der Waals surface area (Å²) in [4.78, 5) is 42.6. The lowest BCUT2D eigenvalue weighted by Crippen LogP contribution is -2.43. The quantitative estimate of drug-likeness (QED) is 0.654. The summed E-state index contributed by atoms with van der Waals surface area (Å²) in [6, 6.07) is 12.3. The van der Waals surface area contributed by atoms with Gasteiger partial charge in [0.2, 0.25) is 5.91 Å². The van der Waals surface area contributed by atoms with Crippen LogP contribution in [0, 0.1) is 11.3 Å². The second-order valence-corrected chi connectivity index (χ2v) is 8.47. The molecule has 9 heteroatoms. The molecule has 2 aliphatic heterocycles. The average molecular weight is 457 g/mol. The van der Waals surface area contributed by atoms with Gasteiger partial charge in [-0.25, -0.2) is 9.69 Å². The Balaban J connectivity index is 1.53. The standard InChI is InChI=1S/C22H18Cl2N4O3/c1-13(29)26(11-15-4-2-14(10-25)3-5-15)19-9-20-21(30)28(22(31)27(20)12-19)18-7-16(23)6-17(24)8-18/h2-8,19-20H,9,11-12H2,1H3. The number of nitrogens with zero attached hydrogens (tertiary/aromatic N) is 4. The maximum absolute atomic E-state index is 13.0. The molecule has 2 saturated heterocycles. The molecule has 0 radical (unpaired) electrons. The molecule has 2 aromatic carbocycles. The van der Waals surface area contributed by atoms with Gasteiger partial charge in [-0.05, 0) is 42.3 Å². The van der Waals surface area contributed by atoms with E-state index in [1.807, 2.05) is 0 Å². The Kier molecular flexibility index (Phi) is 5.61. The Morgan fingerprint density at radius 1 is 1.16 bits per heavy atom. The van der Waals surface area contributed by atoms with Crippen LogP contribution in [0.5, 0.6) is 0 Å². The summed E-state index contributed by atoms with van der Waals surface area (Å²) in [6.45, 7) is 2.06. The molecule has 4 amide bonds. The van der Waals surface area contributed by atoms with Gasteiger partial charge < -0.3 is 9.80 Å². The van der Waals surface area contributed by atoms with E-state index in [1.165, 1.54) is 30.0 Å². The van der Waals surface area contributed by atoms with Crippen molar-refractivity contribution >= 4 is 46.7 Å². The van der Waals surface area contributed by atoms with E-state index >= 15 is 0 Å². The van der Waals surface area contributed by atoms with Crippen molar-refractivity contribution in [2.45, 2.75) is 32.0 Å². The lowest BCUT2D eigenvalue weighted by atomic mass is 10.1. The molecule has 2 heterocycles. The van der Waals surface area contributed by atoms with Gasteiger partial charge in [0.05, 0.1) is 23.4 Å². The highest BCUT2D eigenvalue weighted by Gasteiger charge is 2.52. The molecule has 0 saturated carbocycles. The Morgan fingerprint density at radius 3 is 2.35 bits per heavy atom. The van der Waals surface area contributed by atoms with Crippen LogP contribution in [0.15, 0.2) is 42.5 Å². The third kappa shape index (κ3) is 3.97. The molecule has 4 rings (SSSR count). The van der Waals surface area contributed by atoms with Crippen LogP contribution in [0.1, 0.15) is 24.5 Å². The lowest BCUT2D eigenvalue weighted by molar-refractivity contribution is -0.131. The fraction of sp³-hybridized carbons (Fsp3) is 0.273. The Morgan fingerprint density at radius 2 is 1.81 bits per heavy atom. The second kappa shape index (κ2) is 8.22. The van der Waals surface area contributed by atoms with Crippen LogP contribution in [-0.4, -0.2) is 46.3 Å². The number of fused-ring (bicyclic) bond motifs is 1. The van der Waals surface area contributed by atoms with E-state index in [0.717, 1.165) is 10.5 Å². The van der Waals surface area contributed by atoms with E-state index in [-0.39, 0.29) is 24.4 Å². The highest BCUT2D eigenvalue weighted by molar-refractivity contribution is 6.35. The maximum atomic E-state index is 13.0. The highest BCUT2D eigenvalue weighted by Crippen LogP contribution is 2.35. The average Bonchev–Trinajstić information content (AvgIpc) is 3.25. The molecule has 2 fully saturated rings. The van der Waals surface area contributed by atoms with Crippen molar-refractivity contribution in [1.82, 2.24) is 9.80 Å². The molecule has 2 aliphatic rings. The number of halogens is 2. The van der Waals surface area contributed by atoms with Crippen LogP contribution < -0.4 is 4.90 Å². The van der Waals surface area contributed by atoms with E-state index in [0.29, 0.717) is 34.3 Å². The van der Waals surface area contributed by atoms with Gasteiger partial charge in [0.25, 0.3) is 5.91 Å². The van der Waals surface area contributed by atoms with Gasteiger partial charge in [-0.15, -0.1) is 0 Å². The largest absolute Gasteiger partial charge is 0.334 e. The first-order valence-corrected chi connectivity index (χ1v) is 10.4. The summed E-state index contributed by atoms with van der Waals surface area (Å²) < 4.78 is 0. The van der Waals surface area contributed by atoms with Crippen molar-refractivity contribution in [2.75, 3.05) is 11.4 Å². The summed E-state index contributed by atoms with van der Waals surface area (Å²) >= 11 is 12.1. The van der Waals surface area contributed by atoms with E-state index in [2.05, 4.69) is 6.07 Å². The van der Waals surface area contributed by atoms with Crippen molar-refractivity contribution in [3.05, 3.63) is 63.6 Å². The number of urea groups is 1. The third-order valence-electron chi connectivity index (χ3n) is 5.61. The van der Waals surface area contributed by atoms with Crippen LogP contribution in [0.3, 0.4) is 0 Å². The normalized spacial score (nSPS) is 20.1. The molecule has 0 aromatic heterocycles. The molecule has 0 aliphatic carbocycles. The van der Waals surface area contributed by atoms with Crippen molar-refractivity contribution in [3.63, 3.8) is 0 Å². The van der Waals surface area contributed by atoms with Crippen molar-refractivity contribution in [3.8, 4) is 6.07 Å². The Bertz CT molecular complexity index is 1070. The van der Waals surface area contributed by atoms with Crippen LogP contribution in [0.25, 0.3) is 0 Å². The van der Waals surface area contributed by atoms with Crippen LogP contribution in [0.4, 0.5) is 10.5 Å². The van der Waals surface area contributed by atoms with E-state index < -0.39 is 12.1 Å². The number of carbonyl (C=O) groups excluding carboxylic acids is 3. The fourth-order valence-corrected chi connectivity index (χ4v) is 4.66. The summed E-state index contributed by atoms with van der Waals surface area (Å²) in [5.41, 5.74) is 1.74. The third-order valence-corrected chi connectivity index (χ3v) is 6.04. The van der Waals surface area contributed by atoms with Gasteiger partial charge in [0.15, 0.2) is 0 Å². The zero-order valence-corrected chi connectivity index (χ0v) is 18.1. The number of benzene rings is 2. The molecule has 0 spiro atoms. The van der Waals surface area contributed by atoms with Gasteiger partial charge in [-0.3, -0.25) is 9.59 Å². The van der Waals surface area contributed by atoms with Crippen molar-refractivity contribution in [2.24, 2.45) is 0 Å². The number of nitriles is 1. The molecule has 158 valence electrons. The first-order valence-electron chi connectivity index (χ1n) is 9.65. The predicted octanol–water partition coefficient (Wildman–Crippen LogP) is 3.82. The molecular weight excluding hydrogens is 439 g/mol. The number of carbonyl (C=O) groups is 3. The zero-order valence-electron chi connectivity index (χ0n) is 16.6. The van der Waals surface area contributed by atoms with Crippen LogP contribution in [-0.2, 0) is 16.1 Å². The number of anilines is 1. The Hall–Kier alpha value is -3.08. The van der Waals surface area contributed by atoms with Gasteiger partial charge >= 0.3 is 6.03 Å². The highest BCUT2D eigenvalue weighted by atomic mass is 35.5. The minimum absolute atomic E-state index is 0.145. The van der Waals surface area contributed by atoms with Crippen LogP contribution >= 0.6 is 23.2 Å². The zero-order chi connectivity index (χ0) is 22.3. The number of hydrogen-bond acceptors (Lipinski definition) is 4. The summed E-state index contributed by atoms with van der Waals surface area (Å²) in [5, 5.41) is 9.61. The molecule has 0 N–H and O–H groups in total. The number of imide groups is 1. The number of amides is 4. The first-order chi connectivity index (χ1) is 14.8. The summed E-state index contributed by atoms with van der Waals surface area (Å²) in [7, 11) is 0. The summed E-state index contributed by atoms with van der Waals surface area (Å²) in [6.07, 6.45) is 0.352. The van der Waals surface area contributed by atoms with Gasteiger partial charge in [0.1, 0.15) is 6.04 Å². The molecule has 2 atom stereocenters. The van der Waals surface area contributed by atoms with Crippen molar-refractivity contribution < 1.29 is 14.4 Å². The molecular formula is C22H18Cl2N4O3. The van der Waals surface area contributed by atoms with Crippen molar-refractivity contribution in [1.29, 1.82) is 5.26 Å². The van der Waals surface area contributed by atoms with Gasteiger partial charge in [-0.1, -0.05) is 35.3 Å². The molecule has 2 aromatic rings. The second-order valence-electron chi connectivity index (χ2n) is 7.60. The van der Waals surface area contributed by atoms with E-state index in [9.17, 15) is 14.4 Å². The minimum atomic E-state index is -0.641. The Labute approximate surface area is 189 Å².